The number of hydrogen-bond acceptors (Lipinski definition) is 2. The van der Waals surface area contributed by atoms with Crippen molar-refractivity contribution in [2.45, 2.75) is 31.4 Å². The summed E-state index contributed by atoms with van der Waals surface area (Å²) in [6, 6.07) is 4.14. The molecule has 2 nitrogen and oxygen atoms in total. The summed E-state index contributed by atoms with van der Waals surface area (Å²) >= 11 is 0. The number of aliphatic hydroxyl groups excluding tert-OH is 1. The Morgan fingerprint density at radius 2 is 1.85 bits per heavy atom. The number of hydrogen-bond donors (Lipinski definition) is 2. The Labute approximate surface area is 117 Å². The first-order chi connectivity index (χ1) is 9.65. The van der Waals surface area contributed by atoms with Crippen molar-refractivity contribution < 1.29 is 13.9 Å². The zero-order valence-electron chi connectivity index (χ0n) is 11.2. The molecule has 0 aromatic heterocycles. The third-order valence-electron chi connectivity index (χ3n) is 5.61. The maximum absolute atomic E-state index is 13.1. The molecule has 0 heterocycles. The van der Waals surface area contributed by atoms with Crippen molar-refractivity contribution in [2.24, 2.45) is 23.7 Å². The molecule has 5 atom stereocenters. The molecule has 2 bridgehead atoms. The molecule has 3 fully saturated rings. The average Bonchev–Trinajstić information content (AvgIpc) is 2.82. The Balaban J connectivity index is 1.35. The molecule has 0 amide bonds. The summed E-state index contributed by atoms with van der Waals surface area (Å²) in [6.45, 7) is 0.419. The summed E-state index contributed by atoms with van der Waals surface area (Å²) in [5.41, 5.74) is 0.435. The molecule has 0 saturated heterocycles. The van der Waals surface area contributed by atoms with Crippen LogP contribution >= 0.6 is 0 Å². The zero-order chi connectivity index (χ0) is 13.9. The minimum Gasteiger partial charge on any atom is -0.387 e. The van der Waals surface area contributed by atoms with Gasteiger partial charge in [-0.05, 0) is 60.6 Å². The van der Waals surface area contributed by atoms with Crippen LogP contribution in [0.2, 0.25) is 0 Å². The van der Waals surface area contributed by atoms with Crippen LogP contribution < -0.4 is 5.32 Å². The number of fused-ring (bicyclic) bond motifs is 5. The van der Waals surface area contributed by atoms with E-state index in [0.717, 1.165) is 35.8 Å². The van der Waals surface area contributed by atoms with Gasteiger partial charge in [0, 0.05) is 12.6 Å². The van der Waals surface area contributed by atoms with Crippen molar-refractivity contribution in [3.05, 3.63) is 35.4 Å². The second-order valence-corrected chi connectivity index (χ2v) is 6.61. The molecule has 3 saturated carbocycles. The molecule has 4 rings (SSSR count). The van der Waals surface area contributed by atoms with Gasteiger partial charge in [-0.15, -0.1) is 0 Å². The van der Waals surface area contributed by atoms with Gasteiger partial charge >= 0.3 is 0 Å². The fourth-order valence-electron chi connectivity index (χ4n) is 4.68. The molecule has 1 aromatic rings. The number of benzene rings is 1. The van der Waals surface area contributed by atoms with Crippen LogP contribution in [-0.4, -0.2) is 17.7 Å². The first kappa shape index (κ1) is 12.7. The van der Waals surface area contributed by atoms with Gasteiger partial charge < -0.3 is 10.4 Å². The van der Waals surface area contributed by atoms with Gasteiger partial charge in [-0.3, -0.25) is 0 Å². The van der Waals surface area contributed by atoms with Gasteiger partial charge in [-0.25, -0.2) is 8.78 Å². The summed E-state index contributed by atoms with van der Waals surface area (Å²) in [5.74, 6) is 1.63. The quantitative estimate of drug-likeness (QED) is 0.888. The van der Waals surface area contributed by atoms with Gasteiger partial charge in [0.05, 0.1) is 6.10 Å². The molecule has 108 valence electrons. The van der Waals surface area contributed by atoms with Crippen molar-refractivity contribution in [1.82, 2.24) is 5.32 Å². The van der Waals surface area contributed by atoms with Crippen molar-refractivity contribution >= 4 is 0 Å². The second kappa shape index (κ2) is 4.50. The van der Waals surface area contributed by atoms with Crippen LogP contribution in [-0.2, 0) is 0 Å². The van der Waals surface area contributed by atoms with E-state index in [1.54, 1.807) is 0 Å². The monoisotopic (exact) mass is 279 g/mol. The smallest absolute Gasteiger partial charge is 0.159 e. The van der Waals surface area contributed by atoms with Gasteiger partial charge in [0.2, 0.25) is 0 Å². The molecule has 0 spiro atoms. The molecule has 2 N–H and O–H groups in total. The molecule has 1 aromatic carbocycles. The van der Waals surface area contributed by atoms with Crippen LogP contribution in [0.1, 0.15) is 30.9 Å². The fourth-order valence-corrected chi connectivity index (χ4v) is 4.68. The molecule has 5 unspecified atom stereocenters. The average molecular weight is 279 g/mol. The van der Waals surface area contributed by atoms with E-state index >= 15 is 0 Å². The van der Waals surface area contributed by atoms with Crippen molar-refractivity contribution in [2.75, 3.05) is 6.54 Å². The first-order valence-corrected chi connectivity index (χ1v) is 7.51. The lowest BCUT2D eigenvalue weighted by Crippen LogP contribution is -2.28. The highest BCUT2D eigenvalue weighted by molar-refractivity contribution is 5.21. The second-order valence-electron chi connectivity index (χ2n) is 6.61. The summed E-state index contributed by atoms with van der Waals surface area (Å²) in [4.78, 5) is 0. The van der Waals surface area contributed by atoms with Crippen LogP contribution in [0.5, 0.6) is 0 Å². The lowest BCUT2D eigenvalue weighted by Gasteiger charge is -2.15. The Morgan fingerprint density at radius 3 is 2.50 bits per heavy atom. The van der Waals surface area contributed by atoms with Crippen LogP contribution in [0.15, 0.2) is 18.2 Å². The van der Waals surface area contributed by atoms with E-state index in [9.17, 15) is 13.9 Å². The Morgan fingerprint density at radius 1 is 1.15 bits per heavy atom. The van der Waals surface area contributed by atoms with Crippen molar-refractivity contribution in [3.63, 3.8) is 0 Å². The largest absolute Gasteiger partial charge is 0.387 e. The third kappa shape index (κ3) is 1.89. The van der Waals surface area contributed by atoms with Gasteiger partial charge in [-0.2, -0.15) is 0 Å². The molecule has 0 aliphatic heterocycles. The number of aliphatic hydroxyl groups is 1. The van der Waals surface area contributed by atoms with Gasteiger partial charge in [0.15, 0.2) is 11.6 Å². The van der Waals surface area contributed by atoms with Gasteiger partial charge in [0.25, 0.3) is 0 Å². The number of rotatable bonds is 4. The maximum Gasteiger partial charge on any atom is 0.159 e. The van der Waals surface area contributed by atoms with Crippen LogP contribution in [0, 0.1) is 35.3 Å². The highest BCUT2D eigenvalue weighted by atomic mass is 19.2. The standard InChI is InChI=1S/C16H19F2NO/c17-11-4-3-8(6-12(11)18)13(20)7-19-16-14-9-1-2-10(5-9)15(14)16/h3-4,6,9-10,13-16,19-20H,1-2,5,7H2. The van der Waals surface area contributed by atoms with E-state index in [0.29, 0.717) is 18.2 Å². The van der Waals surface area contributed by atoms with Gasteiger partial charge in [-0.1, -0.05) is 6.07 Å². The molecular formula is C16H19F2NO. The molecular weight excluding hydrogens is 260 g/mol. The summed E-state index contributed by atoms with van der Waals surface area (Å²) in [6.07, 6.45) is 3.37. The lowest BCUT2D eigenvalue weighted by molar-refractivity contribution is 0.171. The van der Waals surface area contributed by atoms with Crippen LogP contribution in [0.3, 0.4) is 0 Å². The van der Waals surface area contributed by atoms with E-state index < -0.39 is 17.7 Å². The predicted molar refractivity (Wildman–Crippen MR) is 70.9 cm³/mol. The fraction of sp³-hybridized carbons (Fsp3) is 0.625. The van der Waals surface area contributed by atoms with Crippen molar-refractivity contribution in [1.29, 1.82) is 0 Å². The molecule has 20 heavy (non-hydrogen) atoms. The van der Waals surface area contributed by atoms with E-state index in [1.807, 2.05) is 0 Å². The topological polar surface area (TPSA) is 32.3 Å². The van der Waals surface area contributed by atoms with E-state index in [2.05, 4.69) is 5.32 Å². The zero-order valence-corrected chi connectivity index (χ0v) is 11.2. The summed E-state index contributed by atoms with van der Waals surface area (Å²) < 4.78 is 26.0. The molecule has 4 heteroatoms. The molecule has 3 aliphatic carbocycles. The normalized spacial score (nSPS) is 38.9. The summed E-state index contributed by atoms with van der Waals surface area (Å²) in [7, 11) is 0. The Hall–Kier alpha value is -1.00. The van der Waals surface area contributed by atoms with E-state index in [1.165, 1.54) is 25.3 Å². The highest BCUT2D eigenvalue weighted by Crippen LogP contribution is 2.65. The van der Waals surface area contributed by atoms with Crippen LogP contribution in [0.4, 0.5) is 8.78 Å². The predicted octanol–water partition coefficient (Wildman–Crippen LogP) is 2.63. The Kier molecular flexibility index (Phi) is 2.86. The van der Waals surface area contributed by atoms with E-state index in [4.69, 9.17) is 0 Å². The number of nitrogens with one attached hydrogen (secondary N) is 1. The minimum atomic E-state index is -0.900. The Bertz CT molecular complexity index is 519. The molecule has 0 radical (unpaired) electrons. The SMILES string of the molecule is OC(CNC1C2C3CCC(C3)C12)c1ccc(F)c(F)c1. The summed E-state index contributed by atoms with van der Waals surface area (Å²) in [5, 5.41) is 13.5. The minimum absolute atomic E-state index is 0.419. The first-order valence-electron chi connectivity index (χ1n) is 7.51. The molecule has 3 aliphatic rings. The highest BCUT2D eigenvalue weighted by Gasteiger charge is 2.64. The lowest BCUT2D eigenvalue weighted by atomic mass is 10.0. The third-order valence-corrected chi connectivity index (χ3v) is 5.61. The maximum atomic E-state index is 13.1. The van der Waals surface area contributed by atoms with E-state index in [-0.39, 0.29) is 0 Å². The number of halogens is 2. The van der Waals surface area contributed by atoms with Crippen molar-refractivity contribution in [3.8, 4) is 0 Å². The van der Waals surface area contributed by atoms with Crippen LogP contribution in [0.25, 0.3) is 0 Å². The van der Waals surface area contributed by atoms with Gasteiger partial charge in [0.1, 0.15) is 0 Å².